The highest BCUT2D eigenvalue weighted by Gasteiger charge is 2.50. The molecule has 1 nitrogen and oxygen atoms in total. The Morgan fingerprint density at radius 1 is 1.31 bits per heavy atom. The minimum Gasteiger partial charge on any atom is -0.315 e. The number of benzene rings is 1. The van der Waals surface area contributed by atoms with E-state index in [9.17, 15) is 4.39 Å². The summed E-state index contributed by atoms with van der Waals surface area (Å²) in [6.07, 6.45) is 0.169. The summed E-state index contributed by atoms with van der Waals surface area (Å²) < 4.78 is 14.0. The smallest absolute Gasteiger partial charge is 0.134 e. The number of alkyl halides is 1. The maximum absolute atomic E-state index is 14.0. The van der Waals surface area contributed by atoms with Gasteiger partial charge in [-0.15, -0.1) is 0 Å². The van der Waals surface area contributed by atoms with Crippen molar-refractivity contribution in [3.63, 3.8) is 0 Å². The summed E-state index contributed by atoms with van der Waals surface area (Å²) in [5.74, 6) is 0. The van der Waals surface area contributed by atoms with Gasteiger partial charge in [0.05, 0.1) is 0 Å². The molecule has 68 valence electrons. The van der Waals surface area contributed by atoms with Crippen molar-refractivity contribution in [2.75, 3.05) is 13.1 Å². The lowest BCUT2D eigenvalue weighted by Gasteiger charge is -2.41. The minimum atomic E-state index is -0.745. The molecule has 1 atom stereocenters. The standard InChI is InChI=1S/C11H12FN/c12-10-9-4-2-1-3-8(9)5-11(10)6-13-7-11/h1-4,10,13H,5-7H2. The second-order valence-corrected chi connectivity index (χ2v) is 4.20. The van der Waals surface area contributed by atoms with Crippen LogP contribution in [0.3, 0.4) is 0 Å². The van der Waals surface area contributed by atoms with Crippen molar-refractivity contribution in [3.8, 4) is 0 Å². The van der Waals surface area contributed by atoms with Crippen LogP contribution in [0.4, 0.5) is 4.39 Å². The Hall–Kier alpha value is -0.890. The maximum atomic E-state index is 14.0. The lowest BCUT2D eigenvalue weighted by molar-refractivity contribution is 0.0625. The lowest BCUT2D eigenvalue weighted by Crippen LogP contribution is -2.55. The Morgan fingerprint density at radius 3 is 2.69 bits per heavy atom. The highest BCUT2D eigenvalue weighted by atomic mass is 19.1. The first-order valence-corrected chi connectivity index (χ1v) is 4.74. The molecular formula is C11H12FN. The van der Waals surface area contributed by atoms with Gasteiger partial charge in [0, 0.05) is 18.5 Å². The van der Waals surface area contributed by atoms with Crippen molar-refractivity contribution in [2.45, 2.75) is 12.6 Å². The topological polar surface area (TPSA) is 12.0 Å². The Bertz CT molecular complexity index is 344. The largest absolute Gasteiger partial charge is 0.315 e. The Balaban J connectivity index is 2.06. The molecule has 1 unspecified atom stereocenters. The third-order valence-corrected chi connectivity index (χ3v) is 3.36. The molecule has 1 N–H and O–H groups in total. The van der Waals surface area contributed by atoms with Gasteiger partial charge < -0.3 is 5.32 Å². The zero-order valence-electron chi connectivity index (χ0n) is 7.39. The molecule has 1 spiro atoms. The molecule has 1 aromatic carbocycles. The SMILES string of the molecule is FC1c2ccccc2CC12CNC2. The number of hydrogen-bond donors (Lipinski definition) is 1. The van der Waals surface area contributed by atoms with Gasteiger partial charge in [-0.2, -0.15) is 0 Å². The van der Waals surface area contributed by atoms with Crippen molar-refractivity contribution in [1.29, 1.82) is 0 Å². The molecule has 1 fully saturated rings. The molecule has 1 heterocycles. The first kappa shape index (κ1) is 7.51. The normalized spacial score (nSPS) is 28.5. The number of nitrogens with one attached hydrogen (secondary N) is 1. The maximum Gasteiger partial charge on any atom is 0.134 e. The number of rotatable bonds is 0. The molecule has 3 rings (SSSR count). The van der Waals surface area contributed by atoms with Crippen LogP contribution in [-0.4, -0.2) is 13.1 Å². The van der Waals surface area contributed by atoms with E-state index in [1.54, 1.807) is 0 Å². The predicted octanol–water partition coefficient (Wildman–Crippen LogP) is 1.84. The predicted molar refractivity (Wildman–Crippen MR) is 49.3 cm³/mol. The van der Waals surface area contributed by atoms with E-state index in [-0.39, 0.29) is 5.41 Å². The van der Waals surface area contributed by atoms with E-state index in [4.69, 9.17) is 0 Å². The average Bonchev–Trinajstić information content (AvgIpc) is 2.40. The van der Waals surface area contributed by atoms with Crippen molar-refractivity contribution in [1.82, 2.24) is 5.32 Å². The second kappa shape index (κ2) is 2.32. The summed E-state index contributed by atoms with van der Waals surface area (Å²) in [5, 5.41) is 3.17. The second-order valence-electron chi connectivity index (χ2n) is 4.20. The molecule has 0 bridgehead atoms. The van der Waals surface area contributed by atoms with Gasteiger partial charge in [0.25, 0.3) is 0 Å². The van der Waals surface area contributed by atoms with Crippen molar-refractivity contribution >= 4 is 0 Å². The van der Waals surface area contributed by atoms with Crippen LogP contribution in [0.25, 0.3) is 0 Å². The molecule has 13 heavy (non-hydrogen) atoms. The summed E-state index contributed by atoms with van der Waals surface area (Å²) in [4.78, 5) is 0. The van der Waals surface area contributed by atoms with E-state index in [0.717, 1.165) is 25.1 Å². The first-order valence-electron chi connectivity index (χ1n) is 4.74. The molecule has 1 aromatic rings. The fourth-order valence-corrected chi connectivity index (χ4v) is 2.49. The van der Waals surface area contributed by atoms with Gasteiger partial charge in [-0.05, 0) is 17.5 Å². The van der Waals surface area contributed by atoms with Crippen LogP contribution in [0.15, 0.2) is 24.3 Å². The Labute approximate surface area is 77.0 Å². The molecule has 1 aliphatic heterocycles. The van der Waals surface area contributed by atoms with Gasteiger partial charge in [0.2, 0.25) is 0 Å². The third kappa shape index (κ3) is 0.841. The monoisotopic (exact) mass is 177 g/mol. The van der Waals surface area contributed by atoms with E-state index < -0.39 is 6.17 Å². The van der Waals surface area contributed by atoms with E-state index in [1.807, 2.05) is 18.2 Å². The third-order valence-electron chi connectivity index (χ3n) is 3.36. The molecule has 2 heteroatoms. The van der Waals surface area contributed by atoms with Crippen LogP contribution in [0.2, 0.25) is 0 Å². The van der Waals surface area contributed by atoms with Gasteiger partial charge in [0.15, 0.2) is 0 Å². The van der Waals surface area contributed by atoms with Crippen molar-refractivity contribution in [3.05, 3.63) is 35.4 Å². The molecule has 0 aromatic heterocycles. The van der Waals surface area contributed by atoms with E-state index in [1.165, 1.54) is 5.56 Å². The first-order chi connectivity index (χ1) is 6.32. The van der Waals surface area contributed by atoms with Gasteiger partial charge in [-0.25, -0.2) is 4.39 Å². The van der Waals surface area contributed by atoms with Crippen LogP contribution < -0.4 is 5.32 Å². The molecule has 1 saturated heterocycles. The minimum absolute atomic E-state index is 0.0936. The highest BCUT2D eigenvalue weighted by molar-refractivity contribution is 5.38. The fraction of sp³-hybridized carbons (Fsp3) is 0.455. The van der Waals surface area contributed by atoms with Crippen LogP contribution >= 0.6 is 0 Å². The summed E-state index contributed by atoms with van der Waals surface area (Å²) in [7, 11) is 0. The van der Waals surface area contributed by atoms with Gasteiger partial charge in [0.1, 0.15) is 6.17 Å². The van der Waals surface area contributed by atoms with E-state index in [2.05, 4.69) is 11.4 Å². The Kier molecular flexibility index (Phi) is 1.34. The van der Waals surface area contributed by atoms with Crippen LogP contribution in [0, 0.1) is 5.41 Å². The summed E-state index contributed by atoms with van der Waals surface area (Å²) in [5.41, 5.74) is 2.03. The fourth-order valence-electron chi connectivity index (χ4n) is 2.49. The van der Waals surface area contributed by atoms with E-state index in [0.29, 0.717) is 0 Å². The van der Waals surface area contributed by atoms with Gasteiger partial charge in [-0.1, -0.05) is 24.3 Å². The van der Waals surface area contributed by atoms with Crippen LogP contribution in [0.1, 0.15) is 17.3 Å². The quantitative estimate of drug-likeness (QED) is 0.637. The summed E-state index contributed by atoms with van der Waals surface area (Å²) >= 11 is 0. The van der Waals surface area contributed by atoms with Gasteiger partial charge >= 0.3 is 0 Å². The molecule has 0 amide bonds. The van der Waals surface area contributed by atoms with Crippen molar-refractivity contribution < 1.29 is 4.39 Å². The van der Waals surface area contributed by atoms with Gasteiger partial charge in [-0.3, -0.25) is 0 Å². The lowest BCUT2D eigenvalue weighted by atomic mass is 9.78. The summed E-state index contributed by atoms with van der Waals surface area (Å²) in [6.45, 7) is 1.67. The Morgan fingerprint density at radius 2 is 2.08 bits per heavy atom. The molecular weight excluding hydrogens is 165 g/mol. The van der Waals surface area contributed by atoms with E-state index >= 15 is 0 Å². The molecule has 1 aliphatic carbocycles. The average molecular weight is 177 g/mol. The number of hydrogen-bond acceptors (Lipinski definition) is 1. The molecule has 2 aliphatic rings. The number of halogens is 1. The zero-order valence-corrected chi connectivity index (χ0v) is 7.39. The summed E-state index contributed by atoms with van der Waals surface area (Å²) in [6, 6.07) is 7.90. The highest BCUT2D eigenvalue weighted by Crippen LogP contribution is 2.50. The zero-order chi connectivity index (χ0) is 8.89. The molecule has 0 saturated carbocycles. The van der Waals surface area contributed by atoms with Crippen LogP contribution in [-0.2, 0) is 6.42 Å². The molecule has 0 radical (unpaired) electrons. The van der Waals surface area contributed by atoms with Crippen LogP contribution in [0.5, 0.6) is 0 Å². The number of fused-ring (bicyclic) bond motifs is 1. The van der Waals surface area contributed by atoms with Crippen molar-refractivity contribution in [2.24, 2.45) is 5.41 Å².